The molecule has 1 aromatic carbocycles. The first-order valence-electron chi connectivity index (χ1n) is 5.51. The Bertz CT molecular complexity index is 446. The molecule has 0 saturated carbocycles. The Morgan fingerprint density at radius 1 is 1.38 bits per heavy atom. The normalized spacial score (nSPS) is 18.5. The maximum Gasteiger partial charge on any atom is 0.126 e. The molecule has 16 heavy (non-hydrogen) atoms. The molecular formula is C13H15FN2. The molecule has 0 aliphatic carbocycles. The lowest BCUT2D eigenvalue weighted by atomic mass is 10.0. The van der Waals surface area contributed by atoms with Gasteiger partial charge in [-0.3, -0.25) is 0 Å². The SMILES string of the molecule is CC1(C)CCCN1c1cc(F)cc(C#N)c1. The molecule has 0 aromatic heterocycles. The van der Waals surface area contributed by atoms with Crippen LogP contribution < -0.4 is 4.90 Å². The molecule has 2 nitrogen and oxygen atoms in total. The van der Waals surface area contributed by atoms with Gasteiger partial charge in [-0.1, -0.05) is 0 Å². The van der Waals surface area contributed by atoms with Gasteiger partial charge in [0.2, 0.25) is 0 Å². The van der Waals surface area contributed by atoms with E-state index in [1.165, 1.54) is 12.1 Å². The van der Waals surface area contributed by atoms with Crippen molar-refractivity contribution in [2.24, 2.45) is 0 Å². The van der Waals surface area contributed by atoms with Crippen LogP contribution in [0.2, 0.25) is 0 Å². The first kappa shape index (κ1) is 10.9. The fourth-order valence-electron chi connectivity index (χ4n) is 2.38. The van der Waals surface area contributed by atoms with Gasteiger partial charge in [-0.15, -0.1) is 0 Å². The fourth-order valence-corrected chi connectivity index (χ4v) is 2.38. The highest BCUT2D eigenvalue weighted by Crippen LogP contribution is 2.34. The van der Waals surface area contributed by atoms with Gasteiger partial charge in [0, 0.05) is 17.8 Å². The van der Waals surface area contributed by atoms with Gasteiger partial charge in [0.05, 0.1) is 11.6 Å². The highest BCUT2D eigenvalue weighted by molar-refractivity contribution is 5.54. The van der Waals surface area contributed by atoms with Crippen molar-refractivity contribution in [2.45, 2.75) is 32.2 Å². The van der Waals surface area contributed by atoms with Crippen molar-refractivity contribution in [3.8, 4) is 6.07 Å². The van der Waals surface area contributed by atoms with Crippen molar-refractivity contribution in [3.05, 3.63) is 29.6 Å². The van der Waals surface area contributed by atoms with Crippen molar-refractivity contribution in [2.75, 3.05) is 11.4 Å². The lowest BCUT2D eigenvalue weighted by molar-refractivity contribution is 0.516. The van der Waals surface area contributed by atoms with E-state index < -0.39 is 0 Å². The number of hydrogen-bond acceptors (Lipinski definition) is 2. The molecule has 0 atom stereocenters. The average Bonchev–Trinajstić information content (AvgIpc) is 2.57. The predicted octanol–water partition coefficient (Wildman–Crippen LogP) is 3.08. The highest BCUT2D eigenvalue weighted by Gasteiger charge is 2.32. The molecule has 0 amide bonds. The standard InChI is InChI=1S/C13H15FN2/c1-13(2)4-3-5-16(13)12-7-10(9-15)6-11(14)8-12/h6-8H,3-5H2,1-2H3. The molecule has 1 aliphatic rings. The van der Waals surface area contributed by atoms with Crippen molar-refractivity contribution in [1.29, 1.82) is 5.26 Å². The van der Waals surface area contributed by atoms with Crippen LogP contribution in [0, 0.1) is 17.1 Å². The maximum atomic E-state index is 13.3. The fraction of sp³-hybridized carbons (Fsp3) is 0.462. The topological polar surface area (TPSA) is 27.0 Å². The molecule has 1 fully saturated rings. The average molecular weight is 218 g/mol. The third-order valence-corrected chi connectivity index (χ3v) is 3.22. The monoisotopic (exact) mass is 218 g/mol. The number of halogens is 1. The van der Waals surface area contributed by atoms with E-state index in [0.717, 1.165) is 25.1 Å². The summed E-state index contributed by atoms with van der Waals surface area (Å²) < 4.78 is 13.3. The summed E-state index contributed by atoms with van der Waals surface area (Å²) in [7, 11) is 0. The summed E-state index contributed by atoms with van der Waals surface area (Å²) in [5.74, 6) is -0.336. The maximum absolute atomic E-state index is 13.3. The molecule has 3 heteroatoms. The predicted molar refractivity (Wildman–Crippen MR) is 61.8 cm³/mol. The molecule has 2 rings (SSSR count). The van der Waals surface area contributed by atoms with E-state index in [0.29, 0.717) is 5.56 Å². The van der Waals surface area contributed by atoms with Gasteiger partial charge in [0.15, 0.2) is 0 Å². The molecule has 0 N–H and O–H groups in total. The molecule has 0 radical (unpaired) electrons. The van der Waals surface area contributed by atoms with Gasteiger partial charge in [-0.25, -0.2) is 4.39 Å². The summed E-state index contributed by atoms with van der Waals surface area (Å²) in [4.78, 5) is 2.18. The van der Waals surface area contributed by atoms with E-state index in [9.17, 15) is 4.39 Å². The summed E-state index contributed by atoms with van der Waals surface area (Å²) in [5.41, 5.74) is 1.26. The summed E-state index contributed by atoms with van der Waals surface area (Å²) in [6, 6.07) is 6.53. The molecule has 0 unspecified atom stereocenters. The van der Waals surface area contributed by atoms with Crippen LogP contribution in [-0.4, -0.2) is 12.1 Å². The third kappa shape index (κ3) is 1.88. The number of rotatable bonds is 1. The van der Waals surface area contributed by atoms with Crippen LogP contribution in [0.1, 0.15) is 32.3 Å². The highest BCUT2D eigenvalue weighted by atomic mass is 19.1. The van der Waals surface area contributed by atoms with E-state index in [4.69, 9.17) is 5.26 Å². The minimum Gasteiger partial charge on any atom is -0.366 e. The second-order valence-corrected chi connectivity index (χ2v) is 4.88. The number of anilines is 1. The van der Waals surface area contributed by atoms with E-state index in [-0.39, 0.29) is 11.4 Å². The van der Waals surface area contributed by atoms with Crippen molar-refractivity contribution in [3.63, 3.8) is 0 Å². The zero-order valence-electron chi connectivity index (χ0n) is 9.63. The van der Waals surface area contributed by atoms with Gasteiger partial charge < -0.3 is 4.90 Å². The van der Waals surface area contributed by atoms with Gasteiger partial charge in [0.1, 0.15) is 5.82 Å². The molecule has 1 aliphatic heterocycles. The third-order valence-electron chi connectivity index (χ3n) is 3.22. The summed E-state index contributed by atoms with van der Waals surface area (Å²) in [6.07, 6.45) is 2.22. The molecule has 1 aromatic rings. The van der Waals surface area contributed by atoms with Gasteiger partial charge in [-0.05, 0) is 44.9 Å². The largest absolute Gasteiger partial charge is 0.366 e. The van der Waals surface area contributed by atoms with Gasteiger partial charge in [0.25, 0.3) is 0 Å². The van der Waals surface area contributed by atoms with Crippen molar-refractivity contribution >= 4 is 5.69 Å². The van der Waals surface area contributed by atoms with Gasteiger partial charge >= 0.3 is 0 Å². The zero-order chi connectivity index (χ0) is 11.8. The molecule has 84 valence electrons. The van der Waals surface area contributed by atoms with Crippen molar-refractivity contribution < 1.29 is 4.39 Å². The first-order valence-corrected chi connectivity index (χ1v) is 5.51. The Hall–Kier alpha value is -1.56. The Balaban J connectivity index is 2.41. The number of hydrogen-bond donors (Lipinski definition) is 0. The molecule has 1 saturated heterocycles. The Kier molecular flexibility index (Phi) is 2.59. The van der Waals surface area contributed by atoms with Crippen LogP contribution in [0.4, 0.5) is 10.1 Å². The van der Waals surface area contributed by atoms with Crippen LogP contribution >= 0.6 is 0 Å². The molecular weight excluding hydrogens is 203 g/mol. The quantitative estimate of drug-likeness (QED) is 0.724. The van der Waals surface area contributed by atoms with Crippen molar-refractivity contribution in [1.82, 2.24) is 0 Å². The lowest BCUT2D eigenvalue weighted by Crippen LogP contribution is -2.38. The molecule has 1 heterocycles. The molecule has 0 spiro atoms. The Morgan fingerprint density at radius 3 is 2.69 bits per heavy atom. The van der Waals surface area contributed by atoms with E-state index >= 15 is 0 Å². The zero-order valence-corrected chi connectivity index (χ0v) is 9.63. The van der Waals surface area contributed by atoms with Crippen LogP contribution in [-0.2, 0) is 0 Å². The molecule has 0 bridgehead atoms. The minimum absolute atomic E-state index is 0.0561. The minimum atomic E-state index is -0.336. The second-order valence-electron chi connectivity index (χ2n) is 4.88. The second kappa shape index (κ2) is 3.79. The van der Waals surface area contributed by atoms with Crippen LogP contribution in [0.15, 0.2) is 18.2 Å². The Labute approximate surface area is 95.3 Å². The lowest BCUT2D eigenvalue weighted by Gasteiger charge is -2.33. The van der Waals surface area contributed by atoms with Crippen LogP contribution in [0.3, 0.4) is 0 Å². The van der Waals surface area contributed by atoms with E-state index in [1.807, 2.05) is 6.07 Å². The number of benzene rings is 1. The first-order chi connectivity index (χ1) is 7.53. The number of nitrogens with zero attached hydrogens (tertiary/aromatic N) is 2. The number of nitriles is 1. The van der Waals surface area contributed by atoms with Crippen LogP contribution in [0.5, 0.6) is 0 Å². The van der Waals surface area contributed by atoms with Gasteiger partial charge in [-0.2, -0.15) is 5.26 Å². The summed E-state index contributed by atoms with van der Waals surface area (Å²) >= 11 is 0. The van der Waals surface area contributed by atoms with E-state index in [1.54, 1.807) is 6.07 Å². The smallest absolute Gasteiger partial charge is 0.126 e. The van der Waals surface area contributed by atoms with Crippen LogP contribution in [0.25, 0.3) is 0 Å². The Morgan fingerprint density at radius 2 is 2.12 bits per heavy atom. The summed E-state index contributed by atoms with van der Waals surface area (Å²) in [5, 5.41) is 8.82. The summed E-state index contributed by atoms with van der Waals surface area (Å²) in [6.45, 7) is 5.23. The van der Waals surface area contributed by atoms with E-state index in [2.05, 4.69) is 18.7 Å².